The normalized spacial score (nSPS) is 11.5. The fourth-order valence-electron chi connectivity index (χ4n) is 1.50. The molecule has 0 aliphatic heterocycles. The van der Waals surface area contributed by atoms with Crippen molar-refractivity contribution in [2.75, 3.05) is 5.32 Å². The Morgan fingerprint density at radius 3 is 2.55 bits per heavy atom. The molecule has 0 saturated heterocycles. The molecular formula is C12H14FN3O4. The van der Waals surface area contributed by atoms with Crippen LogP contribution in [0.2, 0.25) is 0 Å². The van der Waals surface area contributed by atoms with Crippen molar-refractivity contribution in [3.63, 3.8) is 0 Å². The number of para-hydroxylation sites is 1. The van der Waals surface area contributed by atoms with Gasteiger partial charge in [-0.05, 0) is 18.6 Å². The topological polar surface area (TPSA) is 122 Å². The van der Waals surface area contributed by atoms with Crippen molar-refractivity contribution in [3.05, 3.63) is 29.6 Å². The van der Waals surface area contributed by atoms with Gasteiger partial charge in [0.1, 0.15) is 11.9 Å². The Hall–Kier alpha value is -2.64. The Morgan fingerprint density at radius 2 is 2.05 bits per heavy atom. The number of carbonyl (C=O) groups is 3. The van der Waals surface area contributed by atoms with Gasteiger partial charge in [0, 0.05) is 0 Å². The summed E-state index contributed by atoms with van der Waals surface area (Å²) in [6.07, 6.45) is -0.557. The van der Waals surface area contributed by atoms with Gasteiger partial charge in [0.15, 0.2) is 0 Å². The molecular weight excluding hydrogens is 269 g/mol. The van der Waals surface area contributed by atoms with E-state index in [1.807, 2.05) is 5.32 Å². The molecule has 8 heteroatoms. The van der Waals surface area contributed by atoms with Crippen LogP contribution in [0, 0.1) is 12.7 Å². The molecule has 5 N–H and O–H groups in total. The highest BCUT2D eigenvalue weighted by Gasteiger charge is 2.22. The lowest BCUT2D eigenvalue weighted by Crippen LogP contribution is -2.45. The van der Waals surface area contributed by atoms with Crippen LogP contribution in [0.4, 0.5) is 14.9 Å². The molecule has 0 aliphatic rings. The first-order valence-electron chi connectivity index (χ1n) is 5.65. The Kier molecular flexibility index (Phi) is 5.01. The quantitative estimate of drug-likeness (QED) is 0.631. The van der Waals surface area contributed by atoms with Crippen molar-refractivity contribution < 1.29 is 23.9 Å². The van der Waals surface area contributed by atoms with E-state index in [1.165, 1.54) is 6.07 Å². The molecule has 0 aliphatic carbocycles. The van der Waals surface area contributed by atoms with E-state index in [0.717, 1.165) is 6.07 Å². The Labute approximate surface area is 114 Å². The lowest BCUT2D eigenvalue weighted by Gasteiger charge is -2.15. The molecule has 1 rings (SSSR count). The Morgan fingerprint density at radius 1 is 1.40 bits per heavy atom. The van der Waals surface area contributed by atoms with Crippen LogP contribution in [0.5, 0.6) is 0 Å². The van der Waals surface area contributed by atoms with Crippen LogP contribution in [-0.4, -0.2) is 29.1 Å². The number of carboxylic acids is 1. The van der Waals surface area contributed by atoms with Gasteiger partial charge in [-0.25, -0.2) is 14.0 Å². The van der Waals surface area contributed by atoms with Crippen LogP contribution in [0.15, 0.2) is 18.2 Å². The molecule has 0 fully saturated rings. The molecule has 108 valence electrons. The molecule has 3 amide bonds. The standard InChI is InChI=1S/C12H14FN3O4/c1-6-3-2-4-7(13)10(6)16-12(20)15-8(11(18)19)5-9(14)17/h2-4,8H,5H2,1H3,(H2,14,17)(H,18,19)(H2,15,16,20)/t8-/m1/s1. The number of hydrogen-bond donors (Lipinski definition) is 4. The number of benzene rings is 1. The van der Waals surface area contributed by atoms with Crippen LogP contribution in [0.3, 0.4) is 0 Å². The average Bonchev–Trinajstić information content (AvgIpc) is 2.32. The number of rotatable bonds is 5. The van der Waals surface area contributed by atoms with Gasteiger partial charge in [-0.2, -0.15) is 0 Å². The van der Waals surface area contributed by atoms with Gasteiger partial charge in [0.05, 0.1) is 12.1 Å². The first-order chi connectivity index (χ1) is 9.31. The molecule has 0 spiro atoms. The van der Waals surface area contributed by atoms with Gasteiger partial charge >= 0.3 is 12.0 Å². The van der Waals surface area contributed by atoms with Crippen LogP contribution in [-0.2, 0) is 9.59 Å². The molecule has 0 unspecified atom stereocenters. The van der Waals surface area contributed by atoms with E-state index in [0.29, 0.717) is 5.56 Å². The van der Waals surface area contributed by atoms with E-state index >= 15 is 0 Å². The van der Waals surface area contributed by atoms with Crippen molar-refractivity contribution in [2.24, 2.45) is 5.73 Å². The number of aliphatic carboxylic acids is 1. The van der Waals surface area contributed by atoms with E-state index in [9.17, 15) is 18.8 Å². The SMILES string of the molecule is Cc1cccc(F)c1NC(=O)N[C@H](CC(N)=O)C(=O)O. The third-order valence-corrected chi connectivity index (χ3v) is 2.47. The third kappa shape index (κ3) is 4.23. The summed E-state index contributed by atoms with van der Waals surface area (Å²) in [5, 5.41) is 13.1. The summed E-state index contributed by atoms with van der Waals surface area (Å²) in [5.41, 5.74) is 5.29. The molecule has 0 aromatic heterocycles. The van der Waals surface area contributed by atoms with Crippen molar-refractivity contribution in [3.8, 4) is 0 Å². The van der Waals surface area contributed by atoms with Gasteiger partial charge in [0.25, 0.3) is 0 Å². The zero-order chi connectivity index (χ0) is 15.3. The largest absolute Gasteiger partial charge is 0.480 e. The summed E-state index contributed by atoms with van der Waals surface area (Å²) >= 11 is 0. The second-order valence-corrected chi connectivity index (χ2v) is 4.09. The zero-order valence-electron chi connectivity index (χ0n) is 10.6. The van der Waals surface area contributed by atoms with Crippen molar-refractivity contribution in [2.45, 2.75) is 19.4 Å². The van der Waals surface area contributed by atoms with Gasteiger partial charge in [-0.15, -0.1) is 0 Å². The number of aryl methyl sites for hydroxylation is 1. The van der Waals surface area contributed by atoms with Gasteiger partial charge < -0.3 is 21.5 Å². The minimum atomic E-state index is -1.47. The number of carboxylic acid groups (broad SMARTS) is 1. The van der Waals surface area contributed by atoms with Crippen LogP contribution >= 0.6 is 0 Å². The van der Waals surface area contributed by atoms with E-state index < -0.39 is 36.2 Å². The van der Waals surface area contributed by atoms with Crippen LogP contribution in [0.1, 0.15) is 12.0 Å². The third-order valence-electron chi connectivity index (χ3n) is 2.47. The highest BCUT2D eigenvalue weighted by atomic mass is 19.1. The second kappa shape index (κ2) is 6.50. The van der Waals surface area contributed by atoms with Gasteiger partial charge in [-0.3, -0.25) is 4.79 Å². The minimum absolute atomic E-state index is 0.0618. The monoisotopic (exact) mass is 283 g/mol. The molecule has 0 bridgehead atoms. The number of carbonyl (C=O) groups excluding carboxylic acids is 2. The summed E-state index contributed by atoms with van der Waals surface area (Å²) in [6.45, 7) is 1.58. The number of amides is 3. The molecule has 1 atom stereocenters. The van der Waals surface area contributed by atoms with E-state index in [-0.39, 0.29) is 5.69 Å². The number of hydrogen-bond acceptors (Lipinski definition) is 3. The molecule has 20 heavy (non-hydrogen) atoms. The summed E-state index contributed by atoms with van der Waals surface area (Å²) in [6, 6.07) is 1.80. The number of primary amides is 1. The van der Waals surface area contributed by atoms with Crippen molar-refractivity contribution in [1.29, 1.82) is 0 Å². The first-order valence-corrected chi connectivity index (χ1v) is 5.65. The lowest BCUT2D eigenvalue weighted by atomic mass is 10.2. The number of halogens is 1. The molecule has 1 aromatic rings. The summed E-state index contributed by atoms with van der Waals surface area (Å²) in [7, 11) is 0. The highest BCUT2D eigenvalue weighted by Crippen LogP contribution is 2.18. The van der Waals surface area contributed by atoms with Gasteiger partial charge in [0.2, 0.25) is 5.91 Å². The number of anilines is 1. The maximum atomic E-state index is 13.5. The summed E-state index contributed by atoms with van der Waals surface area (Å²) in [4.78, 5) is 33.1. The van der Waals surface area contributed by atoms with Crippen molar-refractivity contribution in [1.82, 2.24) is 5.32 Å². The van der Waals surface area contributed by atoms with E-state index in [1.54, 1.807) is 13.0 Å². The van der Waals surface area contributed by atoms with E-state index in [2.05, 4.69) is 5.32 Å². The molecule has 1 aromatic carbocycles. The number of urea groups is 1. The Bertz CT molecular complexity index is 527. The molecule has 7 nitrogen and oxygen atoms in total. The van der Waals surface area contributed by atoms with E-state index in [4.69, 9.17) is 10.8 Å². The first kappa shape index (κ1) is 15.4. The van der Waals surface area contributed by atoms with Crippen LogP contribution < -0.4 is 16.4 Å². The van der Waals surface area contributed by atoms with Crippen LogP contribution in [0.25, 0.3) is 0 Å². The minimum Gasteiger partial charge on any atom is -0.480 e. The molecule has 0 radical (unpaired) electrons. The fourth-order valence-corrected chi connectivity index (χ4v) is 1.50. The summed E-state index contributed by atoms with van der Waals surface area (Å²) < 4.78 is 13.5. The maximum Gasteiger partial charge on any atom is 0.326 e. The van der Waals surface area contributed by atoms with Crippen molar-refractivity contribution >= 4 is 23.6 Å². The zero-order valence-corrected chi connectivity index (χ0v) is 10.6. The predicted octanol–water partition coefficient (Wildman–Crippen LogP) is 0.584. The number of nitrogens with one attached hydrogen (secondary N) is 2. The maximum absolute atomic E-state index is 13.5. The highest BCUT2D eigenvalue weighted by molar-refractivity contribution is 5.94. The average molecular weight is 283 g/mol. The smallest absolute Gasteiger partial charge is 0.326 e. The van der Waals surface area contributed by atoms with Gasteiger partial charge in [-0.1, -0.05) is 12.1 Å². The number of nitrogens with two attached hydrogens (primary N) is 1. The molecule has 0 heterocycles. The Balaban J connectivity index is 2.76. The predicted molar refractivity (Wildman–Crippen MR) is 68.5 cm³/mol. The second-order valence-electron chi connectivity index (χ2n) is 4.09. The summed E-state index contributed by atoms with van der Waals surface area (Å²) in [5.74, 6) is -2.94. The fraction of sp³-hybridized carbons (Fsp3) is 0.250. The lowest BCUT2D eigenvalue weighted by molar-refractivity contribution is -0.140. The molecule has 0 saturated carbocycles.